The van der Waals surface area contributed by atoms with Crippen LogP contribution in [0.2, 0.25) is 0 Å². The molecule has 0 bridgehead atoms. The normalized spacial score (nSPS) is 21.2. The number of amides is 1. The third kappa shape index (κ3) is 5.11. The molecule has 0 radical (unpaired) electrons. The van der Waals surface area contributed by atoms with Crippen LogP contribution in [0.15, 0.2) is 30.3 Å². The van der Waals surface area contributed by atoms with Crippen molar-refractivity contribution in [2.75, 3.05) is 48.9 Å². The summed E-state index contributed by atoms with van der Waals surface area (Å²) in [6, 6.07) is 9.27. The van der Waals surface area contributed by atoms with E-state index in [9.17, 15) is 9.18 Å². The minimum atomic E-state index is -0.736. The van der Waals surface area contributed by atoms with E-state index in [0.29, 0.717) is 13.2 Å². The highest BCUT2D eigenvalue weighted by Gasteiger charge is 2.26. The zero-order chi connectivity index (χ0) is 22.5. The number of morpholine rings is 1. The Balaban J connectivity index is 1.59. The smallest absolute Gasteiger partial charge is 0.252 e. The predicted molar refractivity (Wildman–Crippen MR) is 124 cm³/mol. The van der Waals surface area contributed by atoms with Gasteiger partial charge in [0.1, 0.15) is 5.82 Å². The third-order valence-corrected chi connectivity index (χ3v) is 6.19. The van der Waals surface area contributed by atoms with Crippen molar-refractivity contribution in [1.29, 1.82) is 0 Å². The standard InChI is InChI=1S/C23H31FN6O2/c1-26-19-7-2-3-8-20(19)28-23-18(24)14-17(21(25)31)22(29-23)27-15-5-4-6-16(13-15)30-9-11-32-12-10-30/h4-6,13-14,19-20,26H,2-3,7-12H2,1H3,(H2,25,31)(H2,27,28,29)/t19-,20?/m0/s1. The molecule has 1 saturated heterocycles. The van der Waals surface area contributed by atoms with Crippen LogP contribution in [0.1, 0.15) is 36.0 Å². The summed E-state index contributed by atoms with van der Waals surface area (Å²) in [5.74, 6) is -0.973. The number of carbonyl (C=O) groups excluding carboxylic acids is 1. The predicted octanol–water partition coefficient (Wildman–Crippen LogP) is 2.84. The Kier molecular flexibility index (Phi) is 7.06. The third-order valence-electron chi connectivity index (χ3n) is 6.19. The second kappa shape index (κ2) is 10.1. The minimum Gasteiger partial charge on any atom is -0.378 e. The molecule has 1 aromatic carbocycles. The summed E-state index contributed by atoms with van der Waals surface area (Å²) in [6.45, 7) is 3.00. The van der Waals surface area contributed by atoms with Crippen LogP contribution in [0.25, 0.3) is 0 Å². The van der Waals surface area contributed by atoms with Crippen molar-refractivity contribution in [1.82, 2.24) is 10.3 Å². The van der Waals surface area contributed by atoms with Gasteiger partial charge in [0.05, 0.1) is 18.8 Å². The van der Waals surface area contributed by atoms with E-state index in [0.717, 1.165) is 56.2 Å². The van der Waals surface area contributed by atoms with Crippen LogP contribution in [-0.4, -0.2) is 56.3 Å². The summed E-state index contributed by atoms with van der Waals surface area (Å²) in [7, 11) is 1.92. The summed E-state index contributed by atoms with van der Waals surface area (Å²) < 4.78 is 20.2. The van der Waals surface area contributed by atoms with Gasteiger partial charge < -0.3 is 31.3 Å². The zero-order valence-corrected chi connectivity index (χ0v) is 18.4. The average molecular weight is 443 g/mol. The van der Waals surface area contributed by atoms with E-state index in [4.69, 9.17) is 10.5 Å². The van der Waals surface area contributed by atoms with Crippen LogP contribution in [0.4, 0.5) is 27.4 Å². The number of halogens is 1. The van der Waals surface area contributed by atoms with Gasteiger partial charge in [0.2, 0.25) is 0 Å². The number of benzene rings is 1. The van der Waals surface area contributed by atoms with Gasteiger partial charge in [-0.25, -0.2) is 9.37 Å². The number of likely N-dealkylation sites (N-methyl/N-ethyl adjacent to an activating group) is 1. The molecular formula is C23H31FN6O2. The van der Waals surface area contributed by atoms with Crippen molar-refractivity contribution in [3.8, 4) is 0 Å². The van der Waals surface area contributed by atoms with Crippen LogP contribution in [0.3, 0.4) is 0 Å². The topological polar surface area (TPSA) is 105 Å². The molecule has 2 fully saturated rings. The number of anilines is 4. The summed E-state index contributed by atoms with van der Waals surface area (Å²) in [4.78, 5) is 18.7. The Morgan fingerprint density at radius 3 is 2.62 bits per heavy atom. The van der Waals surface area contributed by atoms with E-state index in [1.807, 2.05) is 31.3 Å². The highest BCUT2D eigenvalue weighted by molar-refractivity contribution is 5.98. The fourth-order valence-corrected chi connectivity index (χ4v) is 4.44. The molecular weight excluding hydrogens is 411 g/mol. The minimum absolute atomic E-state index is 0.0126. The number of primary amides is 1. The van der Waals surface area contributed by atoms with Gasteiger partial charge in [-0.05, 0) is 44.2 Å². The molecule has 1 amide bonds. The van der Waals surface area contributed by atoms with Crippen LogP contribution < -0.4 is 26.6 Å². The van der Waals surface area contributed by atoms with Gasteiger partial charge in [-0.1, -0.05) is 18.9 Å². The quantitative estimate of drug-likeness (QED) is 0.523. The number of ether oxygens (including phenoxy) is 1. The van der Waals surface area contributed by atoms with Crippen LogP contribution >= 0.6 is 0 Å². The average Bonchev–Trinajstić information content (AvgIpc) is 2.82. The van der Waals surface area contributed by atoms with Crippen molar-refractivity contribution < 1.29 is 13.9 Å². The molecule has 5 N–H and O–H groups in total. The lowest BCUT2D eigenvalue weighted by molar-refractivity contribution is 0.100. The number of nitrogens with zero attached hydrogens (tertiary/aromatic N) is 2. The maximum absolute atomic E-state index is 14.8. The molecule has 4 rings (SSSR count). The van der Waals surface area contributed by atoms with E-state index in [-0.39, 0.29) is 29.3 Å². The molecule has 32 heavy (non-hydrogen) atoms. The Morgan fingerprint density at radius 1 is 1.16 bits per heavy atom. The van der Waals surface area contributed by atoms with E-state index in [2.05, 4.69) is 25.8 Å². The van der Waals surface area contributed by atoms with Crippen LogP contribution in [0.5, 0.6) is 0 Å². The van der Waals surface area contributed by atoms with Gasteiger partial charge in [-0.3, -0.25) is 4.79 Å². The molecule has 0 spiro atoms. The number of nitrogens with two attached hydrogens (primary N) is 1. The van der Waals surface area contributed by atoms with E-state index >= 15 is 0 Å². The van der Waals surface area contributed by atoms with Crippen molar-refractivity contribution >= 4 is 28.9 Å². The molecule has 8 nitrogen and oxygen atoms in total. The van der Waals surface area contributed by atoms with Gasteiger partial charge in [-0.2, -0.15) is 0 Å². The van der Waals surface area contributed by atoms with Gasteiger partial charge >= 0.3 is 0 Å². The Morgan fingerprint density at radius 2 is 1.91 bits per heavy atom. The summed E-state index contributed by atoms with van der Waals surface area (Å²) >= 11 is 0. The van der Waals surface area contributed by atoms with E-state index in [1.54, 1.807) is 0 Å². The largest absolute Gasteiger partial charge is 0.378 e. The number of aromatic nitrogens is 1. The number of rotatable bonds is 7. The van der Waals surface area contributed by atoms with Crippen molar-refractivity contribution in [2.24, 2.45) is 5.73 Å². The molecule has 1 unspecified atom stereocenters. The molecule has 2 atom stereocenters. The van der Waals surface area contributed by atoms with Gasteiger partial charge in [0.15, 0.2) is 11.6 Å². The maximum atomic E-state index is 14.8. The summed E-state index contributed by atoms with van der Waals surface area (Å²) in [6.07, 6.45) is 4.17. The number of hydrogen-bond acceptors (Lipinski definition) is 7. The van der Waals surface area contributed by atoms with Gasteiger partial charge in [0, 0.05) is 36.5 Å². The molecule has 1 aromatic heterocycles. The molecule has 2 heterocycles. The second-order valence-corrected chi connectivity index (χ2v) is 8.28. The first-order chi connectivity index (χ1) is 15.5. The zero-order valence-electron chi connectivity index (χ0n) is 18.4. The van der Waals surface area contributed by atoms with Crippen molar-refractivity contribution in [3.63, 3.8) is 0 Å². The van der Waals surface area contributed by atoms with Crippen molar-refractivity contribution in [2.45, 2.75) is 37.8 Å². The summed E-state index contributed by atoms with van der Waals surface area (Å²) in [5.41, 5.74) is 7.32. The lowest BCUT2D eigenvalue weighted by atomic mass is 9.90. The van der Waals surface area contributed by atoms with E-state index < -0.39 is 11.7 Å². The SMILES string of the molecule is CN[C@H]1CCCCC1Nc1nc(Nc2cccc(N3CCOCC3)c2)c(C(N)=O)cc1F. The highest BCUT2D eigenvalue weighted by atomic mass is 19.1. The maximum Gasteiger partial charge on any atom is 0.252 e. The first-order valence-electron chi connectivity index (χ1n) is 11.2. The molecule has 172 valence electrons. The van der Waals surface area contributed by atoms with Crippen LogP contribution in [-0.2, 0) is 4.74 Å². The van der Waals surface area contributed by atoms with Crippen molar-refractivity contribution in [3.05, 3.63) is 41.7 Å². The Bertz CT molecular complexity index is 950. The van der Waals surface area contributed by atoms with Gasteiger partial charge in [0.25, 0.3) is 5.91 Å². The molecule has 2 aliphatic rings. The monoisotopic (exact) mass is 442 g/mol. The first kappa shape index (κ1) is 22.3. The molecule has 1 aliphatic carbocycles. The number of pyridine rings is 1. The van der Waals surface area contributed by atoms with E-state index in [1.165, 1.54) is 0 Å². The second-order valence-electron chi connectivity index (χ2n) is 8.28. The van der Waals surface area contributed by atoms with Crippen LogP contribution in [0, 0.1) is 5.82 Å². The molecule has 1 saturated carbocycles. The fourth-order valence-electron chi connectivity index (χ4n) is 4.44. The number of nitrogens with one attached hydrogen (secondary N) is 3. The molecule has 2 aromatic rings. The Labute approximate surface area is 187 Å². The molecule has 1 aliphatic heterocycles. The lowest BCUT2D eigenvalue weighted by Crippen LogP contribution is -2.45. The highest BCUT2D eigenvalue weighted by Crippen LogP contribution is 2.28. The van der Waals surface area contributed by atoms with Gasteiger partial charge in [-0.15, -0.1) is 0 Å². The molecule has 9 heteroatoms. The fraction of sp³-hybridized carbons (Fsp3) is 0.478. The number of hydrogen-bond donors (Lipinski definition) is 4. The lowest BCUT2D eigenvalue weighted by Gasteiger charge is -2.32. The first-order valence-corrected chi connectivity index (χ1v) is 11.2. The number of carbonyl (C=O) groups is 1. The summed E-state index contributed by atoms with van der Waals surface area (Å²) in [5, 5.41) is 9.71. The Hall–Kier alpha value is -2.91.